The van der Waals surface area contributed by atoms with Crippen molar-refractivity contribution < 1.29 is 14.6 Å². The van der Waals surface area contributed by atoms with Gasteiger partial charge in [-0.25, -0.2) is 0 Å². The topological polar surface area (TPSA) is 49.8 Å². The number of aliphatic hydroxyl groups is 1. The zero-order valence-corrected chi connectivity index (χ0v) is 11.1. The molecule has 0 bridgehead atoms. The van der Waals surface area contributed by atoms with E-state index in [4.69, 9.17) is 9.84 Å². The third kappa shape index (κ3) is 3.31. The number of carbonyl (C=O) groups is 1. The minimum atomic E-state index is -0.181. The lowest BCUT2D eigenvalue weighted by Crippen LogP contribution is -2.44. The highest BCUT2D eigenvalue weighted by atomic mass is 16.5. The van der Waals surface area contributed by atoms with Crippen molar-refractivity contribution in [2.24, 2.45) is 5.41 Å². The molecule has 0 spiro atoms. The van der Waals surface area contributed by atoms with Crippen LogP contribution in [0.5, 0.6) is 0 Å². The maximum Gasteiger partial charge on any atom is 0.127 e. The molecule has 4 heteroatoms. The van der Waals surface area contributed by atoms with Crippen LogP contribution in [0.25, 0.3) is 0 Å². The Labute approximate surface area is 109 Å². The van der Waals surface area contributed by atoms with Gasteiger partial charge in [0.05, 0.1) is 0 Å². The summed E-state index contributed by atoms with van der Waals surface area (Å²) >= 11 is 0. The van der Waals surface area contributed by atoms with Crippen LogP contribution in [-0.2, 0) is 9.53 Å². The number of likely N-dealkylation sites (tertiary alicyclic amines) is 1. The van der Waals surface area contributed by atoms with Crippen molar-refractivity contribution >= 4 is 6.29 Å². The van der Waals surface area contributed by atoms with Crippen molar-refractivity contribution in [2.45, 2.75) is 44.6 Å². The van der Waals surface area contributed by atoms with Crippen LogP contribution >= 0.6 is 0 Å². The third-order valence-electron chi connectivity index (χ3n) is 4.45. The number of carbonyl (C=O) groups excluding carboxylic acids is 1. The summed E-state index contributed by atoms with van der Waals surface area (Å²) in [6.45, 7) is 3.70. The molecule has 2 saturated heterocycles. The van der Waals surface area contributed by atoms with Crippen LogP contribution in [-0.4, -0.2) is 55.2 Å². The van der Waals surface area contributed by atoms with Crippen LogP contribution in [0.3, 0.4) is 0 Å². The van der Waals surface area contributed by atoms with Crippen LogP contribution in [0.1, 0.15) is 38.5 Å². The number of aliphatic hydroxyl groups excluding tert-OH is 1. The van der Waals surface area contributed by atoms with Gasteiger partial charge in [0, 0.05) is 37.8 Å². The molecule has 2 aliphatic heterocycles. The van der Waals surface area contributed by atoms with Gasteiger partial charge < -0.3 is 14.6 Å². The van der Waals surface area contributed by atoms with Crippen LogP contribution in [0.4, 0.5) is 0 Å². The first kappa shape index (κ1) is 14.0. The van der Waals surface area contributed by atoms with Crippen molar-refractivity contribution in [3.63, 3.8) is 0 Å². The molecule has 0 aromatic heterocycles. The Morgan fingerprint density at radius 1 is 1.39 bits per heavy atom. The number of ether oxygens (including phenoxy) is 1. The maximum atomic E-state index is 11.5. The lowest BCUT2D eigenvalue weighted by Gasteiger charge is -2.37. The Balaban J connectivity index is 1.91. The monoisotopic (exact) mass is 255 g/mol. The van der Waals surface area contributed by atoms with Crippen molar-refractivity contribution in [1.29, 1.82) is 0 Å². The Bertz CT molecular complexity index is 264. The first-order chi connectivity index (χ1) is 8.79. The highest BCUT2D eigenvalue weighted by molar-refractivity contribution is 5.60. The van der Waals surface area contributed by atoms with Crippen molar-refractivity contribution in [2.75, 3.05) is 32.9 Å². The molecular weight excluding hydrogens is 230 g/mol. The molecule has 0 saturated carbocycles. The second kappa shape index (κ2) is 6.64. The van der Waals surface area contributed by atoms with E-state index in [1.807, 2.05) is 0 Å². The van der Waals surface area contributed by atoms with Gasteiger partial charge in [-0.1, -0.05) is 0 Å². The molecule has 0 radical (unpaired) electrons. The lowest BCUT2D eigenvalue weighted by molar-refractivity contribution is -0.123. The van der Waals surface area contributed by atoms with E-state index in [-0.39, 0.29) is 12.0 Å². The van der Waals surface area contributed by atoms with E-state index in [1.54, 1.807) is 0 Å². The summed E-state index contributed by atoms with van der Waals surface area (Å²) in [4.78, 5) is 13.9. The molecule has 1 N–H and O–H groups in total. The van der Waals surface area contributed by atoms with Gasteiger partial charge in [0.15, 0.2) is 0 Å². The second-order valence-electron chi connectivity index (χ2n) is 5.72. The van der Waals surface area contributed by atoms with Gasteiger partial charge in [0.1, 0.15) is 6.29 Å². The summed E-state index contributed by atoms with van der Waals surface area (Å²) in [6, 6.07) is 0.566. The quantitative estimate of drug-likeness (QED) is 0.725. The van der Waals surface area contributed by atoms with Crippen LogP contribution in [0, 0.1) is 5.41 Å². The average Bonchev–Trinajstić information content (AvgIpc) is 2.84. The van der Waals surface area contributed by atoms with Gasteiger partial charge >= 0.3 is 0 Å². The van der Waals surface area contributed by atoms with E-state index in [0.717, 1.165) is 45.1 Å². The SMILES string of the molecule is O=CC1(CN2CCCC2CCCO)CCOCC1. The van der Waals surface area contributed by atoms with Gasteiger partial charge in [-0.2, -0.15) is 0 Å². The van der Waals surface area contributed by atoms with E-state index in [9.17, 15) is 4.79 Å². The van der Waals surface area contributed by atoms with Crippen molar-refractivity contribution in [3.8, 4) is 0 Å². The van der Waals surface area contributed by atoms with E-state index >= 15 is 0 Å². The molecule has 4 nitrogen and oxygen atoms in total. The summed E-state index contributed by atoms with van der Waals surface area (Å²) in [5.41, 5.74) is -0.181. The molecule has 1 atom stereocenters. The number of hydrogen-bond acceptors (Lipinski definition) is 4. The molecule has 104 valence electrons. The molecule has 0 aromatic carbocycles. The van der Waals surface area contributed by atoms with E-state index in [1.165, 1.54) is 12.8 Å². The van der Waals surface area contributed by atoms with E-state index in [0.29, 0.717) is 19.3 Å². The number of hydrogen-bond donors (Lipinski definition) is 1. The smallest absolute Gasteiger partial charge is 0.127 e. The molecule has 0 amide bonds. The van der Waals surface area contributed by atoms with Crippen molar-refractivity contribution in [3.05, 3.63) is 0 Å². The highest BCUT2D eigenvalue weighted by Gasteiger charge is 2.37. The van der Waals surface area contributed by atoms with Crippen LogP contribution in [0.2, 0.25) is 0 Å². The van der Waals surface area contributed by atoms with Gasteiger partial charge in [0.2, 0.25) is 0 Å². The predicted octanol–water partition coefficient (Wildman–Crippen LogP) is 1.22. The molecule has 0 aliphatic carbocycles. The summed E-state index contributed by atoms with van der Waals surface area (Å²) in [6.07, 6.45) is 7.25. The average molecular weight is 255 g/mol. The first-order valence-electron chi connectivity index (χ1n) is 7.19. The van der Waals surface area contributed by atoms with Crippen LogP contribution < -0.4 is 0 Å². The number of nitrogens with zero attached hydrogens (tertiary/aromatic N) is 1. The largest absolute Gasteiger partial charge is 0.396 e. The third-order valence-corrected chi connectivity index (χ3v) is 4.45. The normalized spacial score (nSPS) is 28.4. The first-order valence-corrected chi connectivity index (χ1v) is 7.19. The summed E-state index contributed by atoms with van der Waals surface area (Å²) < 4.78 is 5.37. The van der Waals surface area contributed by atoms with E-state index in [2.05, 4.69) is 4.90 Å². The summed E-state index contributed by atoms with van der Waals surface area (Å²) in [5, 5.41) is 8.94. The summed E-state index contributed by atoms with van der Waals surface area (Å²) in [5.74, 6) is 0. The standard InChI is InChI=1S/C14H25NO3/c16-8-2-4-13-3-1-7-15(13)11-14(12-17)5-9-18-10-6-14/h12-13,16H,1-11H2. The molecular formula is C14H25NO3. The Kier molecular flexibility index (Phi) is 5.15. The fourth-order valence-corrected chi connectivity index (χ4v) is 3.25. The molecule has 18 heavy (non-hydrogen) atoms. The predicted molar refractivity (Wildman–Crippen MR) is 69.5 cm³/mol. The van der Waals surface area contributed by atoms with Crippen molar-refractivity contribution in [1.82, 2.24) is 4.90 Å². The lowest BCUT2D eigenvalue weighted by atomic mass is 9.81. The van der Waals surface area contributed by atoms with Gasteiger partial charge in [-0.3, -0.25) is 4.90 Å². The fraction of sp³-hybridized carbons (Fsp3) is 0.929. The molecule has 2 rings (SSSR count). The molecule has 2 fully saturated rings. The fourth-order valence-electron chi connectivity index (χ4n) is 3.25. The Morgan fingerprint density at radius 2 is 2.17 bits per heavy atom. The molecule has 1 unspecified atom stereocenters. The molecule has 2 heterocycles. The zero-order valence-electron chi connectivity index (χ0n) is 11.1. The second-order valence-corrected chi connectivity index (χ2v) is 5.72. The Morgan fingerprint density at radius 3 is 2.83 bits per heavy atom. The minimum absolute atomic E-state index is 0.181. The Hall–Kier alpha value is -0.450. The number of aldehydes is 1. The number of rotatable bonds is 6. The maximum absolute atomic E-state index is 11.5. The molecule has 0 aromatic rings. The minimum Gasteiger partial charge on any atom is -0.396 e. The highest BCUT2D eigenvalue weighted by Crippen LogP contribution is 2.32. The van der Waals surface area contributed by atoms with Gasteiger partial charge in [-0.15, -0.1) is 0 Å². The summed E-state index contributed by atoms with van der Waals surface area (Å²) in [7, 11) is 0. The van der Waals surface area contributed by atoms with Gasteiger partial charge in [0.25, 0.3) is 0 Å². The molecule has 2 aliphatic rings. The van der Waals surface area contributed by atoms with Crippen LogP contribution in [0.15, 0.2) is 0 Å². The van der Waals surface area contributed by atoms with E-state index < -0.39 is 0 Å². The zero-order chi connectivity index (χ0) is 12.8. The van der Waals surface area contributed by atoms with Gasteiger partial charge in [-0.05, 0) is 45.1 Å².